The highest BCUT2D eigenvalue weighted by Gasteiger charge is 2.14. The number of aliphatic hydroxyl groups excluding tert-OH is 1. The first-order valence-electron chi connectivity index (χ1n) is 6.96. The van der Waals surface area contributed by atoms with Gasteiger partial charge in [0.05, 0.1) is 18.7 Å². The van der Waals surface area contributed by atoms with Crippen molar-refractivity contribution < 1.29 is 14.3 Å². The molecule has 0 spiro atoms. The minimum Gasteiger partial charge on any atom is -0.441 e. The number of aromatic nitrogens is 1. The van der Waals surface area contributed by atoms with Crippen molar-refractivity contribution in [1.82, 2.24) is 4.98 Å². The minimum absolute atomic E-state index is 0.0531. The number of aliphatic hydroxyl groups is 1. The summed E-state index contributed by atoms with van der Waals surface area (Å²) in [5.41, 5.74) is 1.45. The van der Waals surface area contributed by atoms with Crippen LogP contribution in [0.4, 0.5) is 5.69 Å². The fourth-order valence-corrected chi connectivity index (χ4v) is 1.86. The SMILES string of the molecule is Cc1cnc(-c2cccc(NC(=O)CC(O)C(C)C)c2)o1. The van der Waals surface area contributed by atoms with Gasteiger partial charge >= 0.3 is 0 Å². The number of nitrogens with zero attached hydrogens (tertiary/aromatic N) is 1. The molecule has 0 aliphatic heterocycles. The van der Waals surface area contributed by atoms with E-state index in [-0.39, 0.29) is 18.2 Å². The van der Waals surface area contributed by atoms with Crippen molar-refractivity contribution in [3.63, 3.8) is 0 Å². The average molecular weight is 288 g/mol. The first-order chi connectivity index (χ1) is 9.95. The summed E-state index contributed by atoms with van der Waals surface area (Å²) in [4.78, 5) is 16.0. The van der Waals surface area contributed by atoms with Crippen LogP contribution in [0.3, 0.4) is 0 Å². The van der Waals surface area contributed by atoms with Crippen LogP contribution >= 0.6 is 0 Å². The molecule has 0 aliphatic rings. The van der Waals surface area contributed by atoms with E-state index in [0.29, 0.717) is 11.6 Å². The Hall–Kier alpha value is -2.14. The molecule has 112 valence electrons. The maximum atomic E-state index is 11.9. The molecule has 1 aromatic heterocycles. The summed E-state index contributed by atoms with van der Waals surface area (Å²) in [6.45, 7) is 5.59. The average Bonchev–Trinajstić information content (AvgIpc) is 2.85. The van der Waals surface area contributed by atoms with E-state index in [2.05, 4.69) is 10.3 Å². The number of aryl methyl sites for hydroxylation is 1. The fraction of sp³-hybridized carbons (Fsp3) is 0.375. The lowest BCUT2D eigenvalue weighted by molar-refractivity contribution is -0.118. The number of anilines is 1. The molecule has 0 saturated carbocycles. The van der Waals surface area contributed by atoms with Gasteiger partial charge in [0.2, 0.25) is 11.8 Å². The molecule has 1 unspecified atom stereocenters. The zero-order valence-electron chi connectivity index (χ0n) is 12.5. The molecule has 1 heterocycles. The second kappa shape index (κ2) is 6.54. The third kappa shape index (κ3) is 4.16. The van der Waals surface area contributed by atoms with E-state index in [4.69, 9.17) is 4.42 Å². The number of oxazole rings is 1. The molecule has 1 amide bonds. The Balaban J connectivity index is 2.06. The molecule has 2 rings (SSSR count). The van der Waals surface area contributed by atoms with E-state index >= 15 is 0 Å². The summed E-state index contributed by atoms with van der Waals surface area (Å²) >= 11 is 0. The highest BCUT2D eigenvalue weighted by Crippen LogP contribution is 2.22. The normalized spacial score (nSPS) is 12.4. The van der Waals surface area contributed by atoms with Gasteiger partial charge in [-0.15, -0.1) is 0 Å². The van der Waals surface area contributed by atoms with E-state index in [1.165, 1.54) is 0 Å². The van der Waals surface area contributed by atoms with Gasteiger partial charge in [0, 0.05) is 11.3 Å². The van der Waals surface area contributed by atoms with E-state index in [9.17, 15) is 9.90 Å². The van der Waals surface area contributed by atoms with Crippen LogP contribution in [-0.2, 0) is 4.79 Å². The molecule has 0 bridgehead atoms. The van der Waals surface area contributed by atoms with Gasteiger partial charge in [-0.2, -0.15) is 0 Å². The fourth-order valence-electron chi connectivity index (χ4n) is 1.86. The molecule has 0 aliphatic carbocycles. The van der Waals surface area contributed by atoms with Crippen molar-refractivity contribution in [3.05, 3.63) is 36.2 Å². The molecule has 2 aromatic rings. The number of rotatable bonds is 5. The molecule has 1 aromatic carbocycles. The Morgan fingerprint density at radius 2 is 2.19 bits per heavy atom. The maximum Gasteiger partial charge on any atom is 0.226 e. The third-order valence-electron chi connectivity index (χ3n) is 3.18. The molecular weight excluding hydrogens is 268 g/mol. The monoisotopic (exact) mass is 288 g/mol. The van der Waals surface area contributed by atoms with Crippen molar-refractivity contribution in [2.24, 2.45) is 5.92 Å². The largest absolute Gasteiger partial charge is 0.441 e. The number of nitrogens with one attached hydrogen (secondary N) is 1. The summed E-state index contributed by atoms with van der Waals surface area (Å²) in [6.07, 6.45) is 1.10. The Labute approximate surface area is 124 Å². The Bertz CT molecular complexity index is 619. The quantitative estimate of drug-likeness (QED) is 0.887. The Morgan fingerprint density at radius 3 is 2.81 bits per heavy atom. The summed E-state index contributed by atoms with van der Waals surface area (Å²) in [6, 6.07) is 7.27. The number of carbonyl (C=O) groups is 1. The molecule has 5 nitrogen and oxygen atoms in total. The second-order valence-corrected chi connectivity index (χ2v) is 5.42. The first kappa shape index (κ1) is 15.3. The molecule has 5 heteroatoms. The number of hydrogen-bond acceptors (Lipinski definition) is 4. The van der Waals surface area contributed by atoms with Crippen LogP contribution < -0.4 is 5.32 Å². The van der Waals surface area contributed by atoms with Crippen molar-refractivity contribution >= 4 is 11.6 Å². The van der Waals surface area contributed by atoms with Gasteiger partial charge in [-0.05, 0) is 31.0 Å². The highest BCUT2D eigenvalue weighted by molar-refractivity contribution is 5.91. The van der Waals surface area contributed by atoms with Gasteiger partial charge in [0.15, 0.2) is 0 Å². The molecule has 0 radical (unpaired) electrons. The molecule has 0 saturated heterocycles. The lowest BCUT2D eigenvalue weighted by Crippen LogP contribution is -2.23. The van der Waals surface area contributed by atoms with Crippen LogP contribution in [0.1, 0.15) is 26.0 Å². The topological polar surface area (TPSA) is 75.4 Å². The van der Waals surface area contributed by atoms with Gasteiger partial charge < -0.3 is 14.8 Å². The van der Waals surface area contributed by atoms with Crippen LogP contribution in [0.25, 0.3) is 11.5 Å². The van der Waals surface area contributed by atoms with E-state index in [0.717, 1.165) is 11.3 Å². The van der Waals surface area contributed by atoms with E-state index in [1.807, 2.05) is 32.9 Å². The summed E-state index contributed by atoms with van der Waals surface area (Å²) < 4.78 is 5.46. The lowest BCUT2D eigenvalue weighted by Gasteiger charge is -2.14. The first-order valence-corrected chi connectivity index (χ1v) is 6.96. The summed E-state index contributed by atoms with van der Waals surface area (Å²) in [5, 5.41) is 12.5. The van der Waals surface area contributed by atoms with Crippen molar-refractivity contribution in [2.75, 3.05) is 5.32 Å². The Kier molecular flexibility index (Phi) is 4.75. The maximum absolute atomic E-state index is 11.9. The van der Waals surface area contributed by atoms with Crippen LogP contribution in [0.15, 0.2) is 34.9 Å². The van der Waals surface area contributed by atoms with Crippen LogP contribution in [0.2, 0.25) is 0 Å². The standard InChI is InChI=1S/C16H20N2O3/c1-10(2)14(19)8-15(20)18-13-6-4-5-12(7-13)16-17-9-11(3)21-16/h4-7,9-10,14,19H,8H2,1-3H3,(H,18,20). The molecular formula is C16H20N2O3. The number of carbonyl (C=O) groups excluding carboxylic acids is 1. The van der Waals surface area contributed by atoms with Crippen LogP contribution in [0.5, 0.6) is 0 Å². The highest BCUT2D eigenvalue weighted by atomic mass is 16.4. The van der Waals surface area contributed by atoms with Crippen LogP contribution in [0, 0.1) is 12.8 Å². The van der Waals surface area contributed by atoms with Gasteiger partial charge in [-0.1, -0.05) is 19.9 Å². The van der Waals surface area contributed by atoms with E-state index < -0.39 is 6.10 Å². The van der Waals surface area contributed by atoms with Gasteiger partial charge in [0.25, 0.3) is 0 Å². The molecule has 0 fully saturated rings. The van der Waals surface area contributed by atoms with Crippen molar-refractivity contribution in [2.45, 2.75) is 33.3 Å². The summed E-state index contributed by atoms with van der Waals surface area (Å²) in [7, 11) is 0. The van der Waals surface area contributed by atoms with Gasteiger partial charge in [-0.25, -0.2) is 4.98 Å². The number of amides is 1. The lowest BCUT2D eigenvalue weighted by atomic mass is 10.0. The predicted molar refractivity (Wildman–Crippen MR) is 80.8 cm³/mol. The molecule has 21 heavy (non-hydrogen) atoms. The van der Waals surface area contributed by atoms with Gasteiger partial charge in [-0.3, -0.25) is 4.79 Å². The number of benzene rings is 1. The van der Waals surface area contributed by atoms with Crippen molar-refractivity contribution in [1.29, 1.82) is 0 Å². The zero-order chi connectivity index (χ0) is 15.4. The van der Waals surface area contributed by atoms with Gasteiger partial charge in [0.1, 0.15) is 5.76 Å². The zero-order valence-corrected chi connectivity index (χ0v) is 12.5. The Morgan fingerprint density at radius 1 is 1.43 bits per heavy atom. The second-order valence-electron chi connectivity index (χ2n) is 5.42. The number of hydrogen-bond donors (Lipinski definition) is 2. The third-order valence-corrected chi connectivity index (χ3v) is 3.18. The smallest absolute Gasteiger partial charge is 0.226 e. The minimum atomic E-state index is -0.637. The van der Waals surface area contributed by atoms with Crippen molar-refractivity contribution in [3.8, 4) is 11.5 Å². The summed E-state index contributed by atoms with van der Waals surface area (Å²) in [5.74, 6) is 1.10. The van der Waals surface area contributed by atoms with Crippen LogP contribution in [-0.4, -0.2) is 22.1 Å². The molecule has 1 atom stereocenters. The molecule has 2 N–H and O–H groups in total. The van der Waals surface area contributed by atoms with E-state index in [1.54, 1.807) is 18.3 Å². The predicted octanol–water partition coefficient (Wildman–Crippen LogP) is 3.00.